The van der Waals surface area contributed by atoms with Gasteiger partial charge in [-0.2, -0.15) is 0 Å². The summed E-state index contributed by atoms with van der Waals surface area (Å²) in [6.07, 6.45) is -0.112. The second-order valence-corrected chi connectivity index (χ2v) is 7.19. The lowest BCUT2D eigenvalue weighted by Gasteiger charge is -2.12. The Balaban J connectivity index is 1.71. The summed E-state index contributed by atoms with van der Waals surface area (Å²) in [6.45, 7) is 4.18. The van der Waals surface area contributed by atoms with Crippen LogP contribution in [0.3, 0.4) is 0 Å². The molecule has 0 saturated heterocycles. The van der Waals surface area contributed by atoms with Gasteiger partial charge in [-0.15, -0.1) is 0 Å². The lowest BCUT2D eigenvalue weighted by molar-refractivity contribution is -0.124. The predicted octanol–water partition coefficient (Wildman–Crippen LogP) is 3.10. The maximum atomic E-state index is 12.2. The van der Waals surface area contributed by atoms with Gasteiger partial charge in [0.25, 0.3) is 5.91 Å². The van der Waals surface area contributed by atoms with Crippen LogP contribution in [-0.4, -0.2) is 29.4 Å². The number of nitrogens with one attached hydrogen (secondary N) is 4. The number of ether oxygens (including phenoxy) is 1. The summed E-state index contributed by atoms with van der Waals surface area (Å²) in [6, 6.07) is 11.7. The second kappa shape index (κ2) is 11.9. The van der Waals surface area contributed by atoms with E-state index in [-0.39, 0.29) is 23.9 Å². The highest BCUT2D eigenvalue weighted by Gasteiger charge is 2.11. The van der Waals surface area contributed by atoms with Crippen molar-refractivity contribution >= 4 is 52.3 Å². The van der Waals surface area contributed by atoms with E-state index in [9.17, 15) is 14.4 Å². The summed E-state index contributed by atoms with van der Waals surface area (Å²) in [5.41, 5.74) is 6.49. The number of rotatable bonds is 7. The van der Waals surface area contributed by atoms with Gasteiger partial charge in [0.05, 0.1) is 6.61 Å². The van der Waals surface area contributed by atoms with E-state index in [0.717, 1.165) is 5.56 Å². The molecule has 0 fully saturated rings. The number of anilines is 1. The molecular weight excluding hydrogens is 440 g/mol. The minimum atomic E-state index is -0.462. The van der Waals surface area contributed by atoms with Gasteiger partial charge in [0.15, 0.2) is 5.11 Å². The maximum absolute atomic E-state index is 12.2. The van der Waals surface area contributed by atoms with Crippen LogP contribution in [-0.2, 0) is 9.59 Å². The van der Waals surface area contributed by atoms with E-state index in [1.807, 2.05) is 6.92 Å². The molecule has 0 unspecified atom stereocenters. The molecule has 0 radical (unpaired) electrons. The zero-order chi connectivity index (χ0) is 22.8. The number of carbonyl (C=O) groups is 3. The van der Waals surface area contributed by atoms with E-state index >= 15 is 0 Å². The van der Waals surface area contributed by atoms with Gasteiger partial charge >= 0.3 is 0 Å². The van der Waals surface area contributed by atoms with Gasteiger partial charge in [0.2, 0.25) is 11.8 Å². The molecule has 0 heterocycles. The van der Waals surface area contributed by atoms with E-state index in [1.54, 1.807) is 49.4 Å². The molecule has 0 saturated carbocycles. The van der Waals surface area contributed by atoms with Crippen molar-refractivity contribution in [3.63, 3.8) is 0 Å². The third-order valence-corrected chi connectivity index (χ3v) is 4.70. The molecule has 4 N–H and O–H groups in total. The van der Waals surface area contributed by atoms with E-state index in [1.165, 1.54) is 0 Å². The van der Waals surface area contributed by atoms with Gasteiger partial charge in [-0.05, 0) is 68.0 Å². The largest absolute Gasteiger partial charge is 0.494 e. The monoisotopic (exact) mass is 462 g/mol. The van der Waals surface area contributed by atoms with Gasteiger partial charge in [-0.3, -0.25) is 30.6 Å². The average Bonchev–Trinajstić information content (AvgIpc) is 2.74. The van der Waals surface area contributed by atoms with Crippen molar-refractivity contribution in [3.8, 4) is 5.75 Å². The summed E-state index contributed by atoms with van der Waals surface area (Å²) >= 11 is 11.0. The number of amides is 3. The van der Waals surface area contributed by atoms with Crippen LogP contribution in [0.5, 0.6) is 5.75 Å². The fraction of sp³-hybridized carbons (Fsp3) is 0.238. The van der Waals surface area contributed by atoms with Crippen LogP contribution in [0.25, 0.3) is 0 Å². The van der Waals surface area contributed by atoms with E-state index in [4.69, 9.17) is 28.6 Å². The lowest BCUT2D eigenvalue weighted by Crippen LogP contribution is -2.48. The van der Waals surface area contributed by atoms with Crippen LogP contribution < -0.4 is 26.2 Å². The standard InChI is InChI=1S/C21H23ClN4O4S/c1-3-30-15-9-7-14(8-10-15)20(29)24-21(31)26-25-19(28)12-11-18(27)23-17-6-4-5-16(22)13(17)2/h4-10H,3,11-12H2,1-2H3,(H,23,27)(H,25,28)(H2,24,26,29,31). The minimum Gasteiger partial charge on any atom is -0.494 e. The van der Waals surface area contributed by atoms with Crippen LogP contribution in [0.15, 0.2) is 42.5 Å². The summed E-state index contributed by atoms with van der Waals surface area (Å²) in [4.78, 5) is 36.1. The topological polar surface area (TPSA) is 109 Å². The first-order chi connectivity index (χ1) is 14.8. The third kappa shape index (κ3) is 7.88. The minimum absolute atomic E-state index is 0.0369. The number of hydrogen-bond acceptors (Lipinski definition) is 5. The number of thiocarbonyl (C=S) groups is 1. The van der Waals surface area contributed by atoms with Crippen LogP contribution in [0.1, 0.15) is 35.7 Å². The molecule has 0 aliphatic rings. The fourth-order valence-corrected chi connectivity index (χ4v) is 2.77. The highest BCUT2D eigenvalue weighted by molar-refractivity contribution is 7.80. The molecule has 2 aromatic carbocycles. The Kier molecular flexibility index (Phi) is 9.23. The van der Waals surface area contributed by atoms with Crippen molar-refractivity contribution in [1.82, 2.24) is 16.2 Å². The highest BCUT2D eigenvalue weighted by atomic mass is 35.5. The second-order valence-electron chi connectivity index (χ2n) is 6.37. The summed E-state index contributed by atoms with van der Waals surface area (Å²) < 4.78 is 5.32. The number of benzene rings is 2. The molecule has 0 spiro atoms. The number of hydrazine groups is 1. The molecule has 3 amide bonds. The summed E-state index contributed by atoms with van der Waals surface area (Å²) in [5, 5.41) is 5.62. The van der Waals surface area contributed by atoms with Crippen LogP contribution in [0.4, 0.5) is 5.69 Å². The molecule has 0 aromatic heterocycles. The van der Waals surface area contributed by atoms with Crippen molar-refractivity contribution in [2.45, 2.75) is 26.7 Å². The molecule has 10 heteroatoms. The zero-order valence-corrected chi connectivity index (χ0v) is 18.7. The molecule has 2 rings (SSSR count). The van der Waals surface area contributed by atoms with Crippen molar-refractivity contribution in [2.75, 3.05) is 11.9 Å². The lowest BCUT2D eigenvalue weighted by atomic mass is 10.2. The predicted molar refractivity (Wildman–Crippen MR) is 123 cm³/mol. The molecular formula is C21H23ClN4O4S. The SMILES string of the molecule is CCOc1ccc(C(=O)NC(=S)NNC(=O)CCC(=O)Nc2cccc(Cl)c2C)cc1. The number of hydrogen-bond donors (Lipinski definition) is 4. The number of halogens is 1. The Morgan fingerprint density at radius 1 is 1.00 bits per heavy atom. The zero-order valence-electron chi connectivity index (χ0n) is 17.1. The van der Waals surface area contributed by atoms with Crippen molar-refractivity contribution in [1.29, 1.82) is 0 Å². The Hall–Kier alpha value is -3.17. The number of carbonyl (C=O) groups excluding carboxylic acids is 3. The molecule has 164 valence electrons. The molecule has 8 nitrogen and oxygen atoms in total. The van der Waals surface area contributed by atoms with Crippen LogP contribution >= 0.6 is 23.8 Å². The van der Waals surface area contributed by atoms with E-state index in [2.05, 4.69) is 21.5 Å². The van der Waals surface area contributed by atoms with Crippen LogP contribution in [0, 0.1) is 6.92 Å². The first-order valence-electron chi connectivity index (χ1n) is 9.48. The molecule has 0 bridgehead atoms. The van der Waals surface area contributed by atoms with Gasteiger partial charge in [-0.1, -0.05) is 17.7 Å². The Morgan fingerprint density at radius 2 is 1.68 bits per heavy atom. The van der Waals surface area contributed by atoms with Gasteiger partial charge < -0.3 is 10.1 Å². The molecule has 31 heavy (non-hydrogen) atoms. The Labute approximate surface area is 190 Å². The van der Waals surface area contributed by atoms with Crippen LogP contribution in [0.2, 0.25) is 5.02 Å². The van der Waals surface area contributed by atoms with Crippen molar-refractivity contribution in [2.24, 2.45) is 0 Å². The maximum Gasteiger partial charge on any atom is 0.257 e. The van der Waals surface area contributed by atoms with E-state index < -0.39 is 11.8 Å². The summed E-state index contributed by atoms with van der Waals surface area (Å²) in [5.74, 6) is -0.574. The fourth-order valence-electron chi connectivity index (χ4n) is 2.45. The summed E-state index contributed by atoms with van der Waals surface area (Å²) in [7, 11) is 0. The normalized spacial score (nSPS) is 10.0. The van der Waals surface area contributed by atoms with Crippen molar-refractivity contribution < 1.29 is 19.1 Å². The molecule has 2 aromatic rings. The molecule has 0 aliphatic heterocycles. The quantitative estimate of drug-likeness (QED) is 0.372. The van der Waals surface area contributed by atoms with E-state index in [0.29, 0.717) is 28.6 Å². The van der Waals surface area contributed by atoms with Gasteiger partial charge in [0.1, 0.15) is 5.75 Å². The van der Waals surface area contributed by atoms with Gasteiger partial charge in [-0.25, -0.2) is 0 Å². The third-order valence-electron chi connectivity index (χ3n) is 4.09. The van der Waals surface area contributed by atoms with Crippen molar-refractivity contribution in [3.05, 3.63) is 58.6 Å². The molecule has 0 atom stereocenters. The Morgan fingerprint density at radius 3 is 2.35 bits per heavy atom. The molecule has 0 aliphatic carbocycles. The smallest absolute Gasteiger partial charge is 0.257 e. The average molecular weight is 463 g/mol. The first-order valence-corrected chi connectivity index (χ1v) is 10.3. The Bertz CT molecular complexity index is 966. The first kappa shape index (κ1) is 24.1. The van der Waals surface area contributed by atoms with Gasteiger partial charge in [0, 0.05) is 29.1 Å². The highest BCUT2D eigenvalue weighted by Crippen LogP contribution is 2.23.